The Kier molecular flexibility index (Phi) is 4.85. The van der Waals surface area contributed by atoms with Crippen molar-refractivity contribution in [3.63, 3.8) is 0 Å². The number of hydrogen-bond acceptors (Lipinski definition) is 2. The lowest BCUT2D eigenvalue weighted by Gasteiger charge is -2.15. The Morgan fingerprint density at radius 1 is 1.10 bits per heavy atom. The quantitative estimate of drug-likeness (QED) is 0.763. The summed E-state index contributed by atoms with van der Waals surface area (Å²) >= 11 is 6.36. The Bertz CT molecular complexity index is 586. The summed E-state index contributed by atoms with van der Waals surface area (Å²) in [4.78, 5) is 0. The van der Waals surface area contributed by atoms with E-state index in [1.165, 1.54) is 13.2 Å². The van der Waals surface area contributed by atoms with Crippen LogP contribution in [-0.2, 0) is 6.42 Å². The molecule has 1 unspecified atom stereocenters. The molecule has 106 valence electrons. The van der Waals surface area contributed by atoms with Gasteiger partial charge in [0.15, 0.2) is 0 Å². The molecule has 0 aliphatic carbocycles. The number of alkyl halides is 1. The second kappa shape index (κ2) is 6.62. The van der Waals surface area contributed by atoms with Crippen molar-refractivity contribution in [2.45, 2.75) is 11.8 Å². The van der Waals surface area contributed by atoms with Crippen LogP contribution in [0.1, 0.15) is 16.5 Å². The number of rotatable bonds is 5. The molecular formula is C16H16ClFO2. The van der Waals surface area contributed by atoms with Crippen LogP contribution < -0.4 is 9.47 Å². The van der Waals surface area contributed by atoms with E-state index in [1.54, 1.807) is 19.2 Å². The Balaban J connectivity index is 2.25. The highest BCUT2D eigenvalue weighted by Gasteiger charge is 2.18. The summed E-state index contributed by atoms with van der Waals surface area (Å²) in [7, 11) is 3.12. The zero-order chi connectivity index (χ0) is 14.5. The summed E-state index contributed by atoms with van der Waals surface area (Å²) in [5.41, 5.74) is 1.37. The summed E-state index contributed by atoms with van der Waals surface area (Å²) in [6.07, 6.45) is 0.496. The van der Waals surface area contributed by atoms with E-state index in [0.29, 0.717) is 17.7 Å². The summed E-state index contributed by atoms with van der Waals surface area (Å²) in [6, 6.07) is 12.3. The Morgan fingerprint density at radius 2 is 1.85 bits per heavy atom. The molecule has 2 rings (SSSR count). The molecule has 4 heteroatoms. The Morgan fingerprint density at radius 3 is 2.55 bits per heavy atom. The second-order valence-corrected chi connectivity index (χ2v) is 4.91. The van der Waals surface area contributed by atoms with Crippen molar-refractivity contribution in [1.82, 2.24) is 0 Å². The topological polar surface area (TPSA) is 18.5 Å². The van der Waals surface area contributed by atoms with Crippen molar-refractivity contribution < 1.29 is 13.9 Å². The highest BCUT2D eigenvalue weighted by Crippen LogP contribution is 2.34. The molecule has 0 aliphatic heterocycles. The first kappa shape index (κ1) is 14.7. The standard InChI is InChI=1S/C16H16ClFO2/c1-19-12-6-3-5-11(9-12)10-13(17)16-14(18)7-4-8-15(16)20-2/h3-9,13H,10H2,1-2H3. The predicted octanol–water partition coefficient (Wildman–Crippen LogP) is 4.37. The lowest BCUT2D eigenvalue weighted by atomic mass is 10.0. The van der Waals surface area contributed by atoms with Crippen molar-refractivity contribution in [3.05, 3.63) is 59.4 Å². The van der Waals surface area contributed by atoms with Crippen LogP contribution in [0.5, 0.6) is 11.5 Å². The van der Waals surface area contributed by atoms with Crippen LogP contribution in [0.4, 0.5) is 4.39 Å². The summed E-state index contributed by atoms with van der Waals surface area (Å²) < 4.78 is 24.3. The number of ether oxygens (including phenoxy) is 2. The van der Waals surface area contributed by atoms with E-state index in [4.69, 9.17) is 21.1 Å². The average Bonchev–Trinajstić information content (AvgIpc) is 2.46. The van der Waals surface area contributed by atoms with Gasteiger partial charge < -0.3 is 9.47 Å². The van der Waals surface area contributed by atoms with Crippen molar-refractivity contribution in [3.8, 4) is 11.5 Å². The molecule has 0 heterocycles. The van der Waals surface area contributed by atoms with Gasteiger partial charge in [0.25, 0.3) is 0 Å². The minimum atomic E-state index is -0.502. The van der Waals surface area contributed by atoms with Gasteiger partial charge in [-0.25, -0.2) is 4.39 Å². The van der Waals surface area contributed by atoms with Gasteiger partial charge in [-0.3, -0.25) is 0 Å². The molecule has 0 saturated heterocycles. The van der Waals surface area contributed by atoms with Gasteiger partial charge in [0, 0.05) is 5.56 Å². The van der Waals surface area contributed by atoms with Gasteiger partial charge in [-0.05, 0) is 36.2 Å². The average molecular weight is 295 g/mol. The van der Waals surface area contributed by atoms with E-state index in [1.807, 2.05) is 24.3 Å². The molecule has 2 aromatic carbocycles. The smallest absolute Gasteiger partial charge is 0.131 e. The van der Waals surface area contributed by atoms with Gasteiger partial charge in [0.2, 0.25) is 0 Å². The molecule has 0 fully saturated rings. The molecule has 2 aromatic rings. The molecule has 0 N–H and O–H groups in total. The number of hydrogen-bond donors (Lipinski definition) is 0. The van der Waals surface area contributed by atoms with Crippen molar-refractivity contribution in [2.75, 3.05) is 14.2 Å². The van der Waals surface area contributed by atoms with Gasteiger partial charge in [-0.15, -0.1) is 11.6 Å². The van der Waals surface area contributed by atoms with Crippen LogP contribution in [0.15, 0.2) is 42.5 Å². The van der Waals surface area contributed by atoms with Crippen molar-refractivity contribution >= 4 is 11.6 Å². The normalized spacial score (nSPS) is 12.0. The van der Waals surface area contributed by atoms with E-state index < -0.39 is 5.38 Å². The molecule has 0 spiro atoms. The highest BCUT2D eigenvalue weighted by atomic mass is 35.5. The van der Waals surface area contributed by atoms with E-state index in [0.717, 1.165) is 11.3 Å². The SMILES string of the molecule is COc1cccc(CC(Cl)c2c(F)cccc2OC)c1. The fourth-order valence-electron chi connectivity index (χ4n) is 2.11. The lowest BCUT2D eigenvalue weighted by Crippen LogP contribution is -2.02. The van der Waals surface area contributed by atoms with E-state index in [9.17, 15) is 4.39 Å². The minimum absolute atomic E-state index is 0.354. The van der Waals surface area contributed by atoms with Gasteiger partial charge >= 0.3 is 0 Å². The van der Waals surface area contributed by atoms with Crippen molar-refractivity contribution in [2.24, 2.45) is 0 Å². The van der Waals surface area contributed by atoms with Gasteiger partial charge in [0.1, 0.15) is 17.3 Å². The van der Waals surface area contributed by atoms with Gasteiger partial charge in [-0.1, -0.05) is 18.2 Å². The van der Waals surface area contributed by atoms with Crippen LogP contribution in [-0.4, -0.2) is 14.2 Å². The molecule has 20 heavy (non-hydrogen) atoms. The number of methoxy groups -OCH3 is 2. The molecule has 0 aliphatic rings. The number of halogens is 2. The largest absolute Gasteiger partial charge is 0.497 e. The Hall–Kier alpha value is -1.74. The second-order valence-electron chi connectivity index (χ2n) is 4.38. The molecule has 1 atom stereocenters. The molecule has 0 bridgehead atoms. The minimum Gasteiger partial charge on any atom is -0.497 e. The first-order valence-electron chi connectivity index (χ1n) is 6.25. The summed E-state index contributed by atoms with van der Waals surface area (Å²) in [5, 5.41) is -0.502. The van der Waals surface area contributed by atoms with E-state index in [2.05, 4.69) is 0 Å². The van der Waals surface area contributed by atoms with Gasteiger partial charge in [0.05, 0.1) is 19.6 Å². The maximum Gasteiger partial charge on any atom is 0.131 e. The third-order valence-corrected chi connectivity index (χ3v) is 3.47. The highest BCUT2D eigenvalue weighted by molar-refractivity contribution is 6.21. The molecule has 0 saturated carbocycles. The first-order valence-corrected chi connectivity index (χ1v) is 6.68. The monoisotopic (exact) mass is 294 g/mol. The Labute approximate surface area is 123 Å². The van der Waals surface area contributed by atoms with Crippen LogP contribution in [0.3, 0.4) is 0 Å². The van der Waals surface area contributed by atoms with Crippen LogP contribution >= 0.6 is 11.6 Å². The zero-order valence-corrected chi connectivity index (χ0v) is 12.2. The summed E-state index contributed by atoms with van der Waals surface area (Å²) in [5.74, 6) is 0.868. The van der Waals surface area contributed by atoms with E-state index >= 15 is 0 Å². The predicted molar refractivity (Wildman–Crippen MR) is 78.2 cm³/mol. The first-order chi connectivity index (χ1) is 9.65. The van der Waals surface area contributed by atoms with Crippen molar-refractivity contribution in [1.29, 1.82) is 0 Å². The molecule has 0 amide bonds. The zero-order valence-electron chi connectivity index (χ0n) is 11.4. The molecule has 2 nitrogen and oxygen atoms in total. The van der Waals surface area contributed by atoms with Crippen LogP contribution in [0.2, 0.25) is 0 Å². The molecule has 0 radical (unpaired) electrons. The summed E-state index contributed by atoms with van der Waals surface area (Å²) in [6.45, 7) is 0. The lowest BCUT2D eigenvalue weighted by molar-refractivity contribution is 0.403. The maximum atomic E-state index is 13.9. The maximum absolute atomic E-state index is 13.9. The molecule has 0 aromatic heterocycles. The van der Waals surface area contributed by atoms with Crippen LogP contribution in [0, 0.1) is 5.82 Å². The van der Waals surface area contributed by atoms with E-state index in [-0.39, 0.29) is 5.82 Å². The molecular weight excluding hydrogens is 279 g/mol. The number of benzene rings is 2. The van der Waals surface area contributed by atoms with Crippen LogP contribution in [0.25, 0.3) is 0 Å². The van der Waals surface area contributed by atoms with Gasteiger partial charge in [-0.2, -0.15) is 0 Å². The fourth-order valence-corrected chi connectivity index (χ4v) is 2.50. The third kappa shape index (κ3) is 3.23. The fraction of sp³-hybridized carbons (Fsp3) is 0.250. The third-order valence-electron chi connectivity index (χ3n) is 3.10.